The van der Waals surface area contributed by atoms with Crippen LogP contribution >= 0.6 is 12.2 Å². The number of hydrazone groups is 1. The van der Waals surface area contributed by atoms with Crippen molar-refractivity contribution in [3.05, 3.63) is 71.8 Å². The lowest BCUT2D eigenvalue weighted by Gasteiger charge is -2.08. The highest BCUT2D eigenvalue weighted by molar-refractivity contribution is 7.80. The highest BCUT2D eigenvalue weighted by Gasteiger charge is 2.04. The number of fused-ring (bicyclic) bond motifs is 1. The van der Waals surface area contributed by atoms with E-state index < -0.39 is 0 Å². The minimum atomic E-state index is -0.369. The Hall–Kier alpha value is -2.86. The minimum Gasteiger partial charge on any atom is -0.329 e. The molecule has 0 atom stereocenters. The molecule has 1 heterocycles. The van der Waals surface area contributed by atoms with Crippen molar-refractivity contribution in [2.24, 2.45) is 5.10 Å². The molecule has 3 rings (SSSR count). The number of aromatic nitrogens is 1. The van der Waals surface area contributed by atoms with E-state index in [2.05, 4.69) is 20.8 Å². The monoisotopic (exact) mass is 338 g/mol. The fraction of sp³-hybridized carbons (Fsp3) is 0.0556. The normalized spacial score (nSPS) is 10.9. The molecule has 0 aliphatic carbocycles. The third kappa shape index (κ3) is 3.72. The Morgan fingerprint density at radius 2 is 2.04 bits per heavy atom. The van der Waals surface area contributed by atoms with E-state index in [4.69, 9.17) is 12.2 Å². The summed E-state index contributed by atoms with van der Waals surface area (Å²) in [6.45, 7) is 1.88. The minimum absolute atomic E-state index is 0.212. The number of hydrogen-bond donors (Lipinski definition) is 2. The van der Waals surface area contributed by atoms with Gasteiger partial charge in [-0.2, -0.15) is 5.10 Å². The van der Waals surface area contributed by atoms with Crippen LogP contribution in [-0.4, -0.2) is 16.3 Å². The molecule has 0 spiro atoms. The molecule has 0 unspecified atom stereocenters. The molecular weight excluding hydrogens is 323 g/mol. The average molecular weight is 338 g/mol. The molecule has 2 aromatic carbocycles. The number of hydrogen-bond acceptors (Lipinski definition) is 3. The van der Waals surface area contributed by atoms with Crippen LogP contribution in [0.1, 0.15) is 11.1 Å². The molecule has 0 bridgehead atoms. The van der Waals surface area contributed by atoms with Crippen LogP contribution in [0.4, 0.5) is 10.1 Å². The van der Waals surface area contributed by atoms with E-state index in [1.807, 2.05) is 31.2 Å². The van der Waals surface area contributed by atoms with Crippen molar-refractivity contribution in [3.8, 4) is 0 Å². The van der Waals surface area contributed by atoms with Gasteiger partial charge in [0.15, 0.2) is 5.11 Å². The summed E-state index contributed by atoms with van der Waals surface area (Å²) >= 11 is 5.13. The van der Waals surface area contributed by atoms with Gasteiger partial charge in [-0.05, 0) is 42.2 Å². The summed E-state index contributed by atoms with van der Waals surface area (Å²) in [5.41, 5.74) is 4.80. The zero-order valence-electron chi connectivity index (χ0n) is 13.0. The van der Waals surface area contributed by atoms with E-state index >= 15 is 0 Å². The van der Waals surface area contributed by atoms with Gasteiger partial charge in [-0.15, -0.1) is 0 Å². The van der Waals surface area contributed by atoms with Crippen LogP contribution in [-0.2, 0) is 0 Å². The van der Waals surface area contributed by atoms with Crippen LogP contribution in [0.2, 0.25) is 0 Å². The third-order valence-electron chi connectivity index (χ3n) is 3.44. The molecule has 2 N–H and O–H groups in total. The molecule has 4 nitrogen and oxygen atoms in total. The Kier molecular flexibility index (Phi) is 4.77. The van der Waals surface area contributed by atoms with Crippen LogP contribution in [0.15, 0.2) is 60.0 Å². The number of rotatable bonds is 3. The lowest BCUT2D eigenvalue weighted by atomic mass is 10.1. The molecule has 0 amide bonds. The van der Waals surface area contributed by atoms with Gasteiger partial charge < -0.3 is 5.32 Å². The number of pyridine rings is 1. The van der Waals surface area contributed by atoms with Gasteiger partial charge in [0.05, 0.1) is 11.9 Å². The predicted octanol–water partition coefficient (Wildman–Crippen LogP) is 4.00. The van der Waals surface area contributed by atoms with Gasteiger partial charge in [0.2, 0.25) is 0 Å². The highest BCUT2D eigenvalue weighted by atomic mass is 32.1. The van der Waals surface area contributed by atoms with Crippen molar-refractivity contribution in [2.75, 3.05) is 5.32 Å². The summed E-state index contributed by atoms with van der Waals surface area (Å²) < 4.78 is 13.7. The number of aryl methyl sites for hydroxylation is 1. The second-order valence-electron chi connectivity index (χ2n) is 5.26. The topological polar surface area (TPSA) is 49.3 Å². The van der Waals surface area contributed by atoms with E-state index in [1.165, 1.54) is 6.07 Å². The first-order chi connectivity index (χ1) is 11.6. The summed E-state index contributed by atoms with van der Waals surface area (Å²) in [6.07, 6.45) is 5.16. The van der Waals surface area contributed by atoms with E-state index in [0.29, 0.717) is 5.69 Å². The average Bonchev–Trinajstić information content (AvgIpc) is 2.58. The van der Waals surface area contributed by atoms with Crippen LogP contribution < -0.4 is 10.7 Å². The highest BCUT2D eigenvalue weighted by Crippen LogP contribution is 2.16. The summed E-state index contributed by atoms with van der Waals surface area (Å²) in [7, 11) is 0. The van der Waals surface area contributed by atoms with Gasteiger partial charge in [-0.1, -0.05) is 30.3 Å². The van der Waals surface area contributed by atoms with Gasteiger partial charge in [-0.3, -0.25) is 10.4 Å². The van der Waals surface area contributed by atoms with Crippen LogP contribution in [0.25, 0.3) is 10.8 Å². The van der Waals surface area contributed by atoms with Crippen LogP contribution in [0, 0.1) is 12.7 Å². The maximum absolute atomic E-state index is 13.7. The SMILES string of the molecule is Cc1ccc(F)c(NC(=S)N/N=C/c2cncc3ccccc23)c1. The lowest BCUT2D eigenvalue weighted by Crippen LogP contribution is -2.24. The first-order valence-corrected chi connectivity index (χ1v) is 7.73. The van der Waals surface area contributed by atoms with E-state index in [9.17, 15) is 4.39 Å². The number of nitrogens with zero attached hydrogens (tertiary/aromatic N) is 2. The molecule has 6 heteroatoms. The molecule has 3 aromatic rings. The second-order valence-corrected chi connectivity index (χ2v) is 5.67. The standard InChI is InChI=1S/C18H15FN4S/c1-12-6-7-16(19)17(8-12)22-18(24)23-21-11-14-10-20-9-13-4-2-3-5-15(13)14/h2-11H,1H3,(H2,22,23,24)/b21-11+. The van der Waals surface area contributed by atoms with E-state index in [0.717, 1.165) is 21.9 Å². The van der Waals surface area contributed by atoms with Crippen LogP contribution in [0.3, 0.4) is 0 Å². The zero-order valence-corrected chi connectivity index (χ0v) is 13.8. The van der Waals surface area contributed by atoms with Crippen LogP contribution in [0.5, 0.6) is 0 Å². The maximum Gasteiger partial charge on any atom is 0.191 e. The molecule has 120 valence electrons. The van der Waals surface area contributed by atoms with E-state index in [-0.39, 0.29) is 10.9 Å². The third-order valence-corrected chi connectivity index (χ3v) is 3.63. The molecule has 0 fully saturated rings. The zero-order chi connectivity index (χ0) is 16.9. The summed E-state index contributed by atoms with van der Waals surface area (Å²) in [4.78, 5) is 4.18. The van der Waals surface area contributed by atoms with Gasteiger partial charge in [0.25, 0.3) is 0 Å². The number of thiocarbonyl (C=S) groups is 1. The first kappa shape index (κ1) is 16.0. The Balaban J connectivity index is 1.69. The molecule has 0 aliphatic rings. The van der Waals surface area contributed by atoms with Crippen molar-refractivity contribution >= 4 is 40.0 Å². The molecule has 0 radical (unpaired) electrons. The smallest absolute Gasteiger partial charge is 0.191 e. The quantitative estimate of drug-likeness (QED) is 0.430. The molecule has 0 saturated heterocycles. The van der Waals surface area contributed by atoms with Crippen molar-refractivity contribution in [1.82, 2.24) is 10.4 Å². The fourth-order valence-corrected chi connectivity index (χ4v) is 2.45. The maximum atomic E-state index is 13.7. The predicted molar refractivity (Wildman–Crippen MR) is 99.8 cm³/mol. The Morgan fingerprint density at radius 3 is 2.92 bits per heavy atom. The van der Waals surface area contributed by atoms with E-state index in [1.54, 1.807) is 30.7 Å². The second kappa shape index (κ2) is 7.14. The van der Waals surface area contributed by atoms with Gasteiger partial charge in [0.1, 0.15) is 5.82 Å². The Morgan fingerprint density at radius 1 is 1.21 bits per heavy atom. The van der Waals surface area contributed by atoms with Gasteiger partial charge in [-0.25, -0.2) is 4.39 Å². The van der Waals surface area contributed by atoms with Crippen molar-refractivity contribution in [2.45, 2.75) is 6.92 Å². The lowest BCUT2D eigenvalue weighted by molar-refractivity contribution is 0.631. The molecular formula is C18H15FN4S. The number of anilines is 1. The largest absolute Gasteiger partial charge is 0.329 e. The Labute approximate surface area is 144 Å². The number of nitrogens with one attached hydrogen (secondary N) is 2. The number of halogens is 1. The molecule has 0 aliphatic heterocycles. The first-order valence-electron chi connectivity index (χ1n) is 7.32. The summed E-state index contributed by atoms with van der Waals surface area (Å²) in [5, 5.41) is 9.18. The Bertz CT molecular complexity index is 919. The molecule has 24 heavy (non-hydrogen) atoms. The summed E-state index contributed by atoms with van der Waals surface area (Å²) in [6, 6.07) is 12.7. The number of benzene rings is 2. The van der Waals surface area contributed by atoms with Gasteiger partial charge >= 0.3 is 0 Å². The van der Waals surface area contributed by atoms with Crippen molar-refractivity contribution in [1.29, 1.82) is 0 Å². The molecule has 1 aromatic heterocycles. The van der Waals surface area contributed by atoms with Crippen molar-refractivity contribution < 1.29 is 4.39 Å². The summed E-state index contributed by atoms with van der Waals surface area (Å²) in [5.74, 6) is -0.369. The molecule has 0 saturated carbocycles. The fourth-order valence-electron chi connectivity index (χ4n) is 2.29. The van der Waals surface area contributed by atoms with Crippen molar-refractivity contribution in [3.63, 3.8) is 0 Å². The van der Waals surface area contributed by atoms with Gasteiger partial charge in [0, 0.05) is 23.3 Å².